The number of benzene rings is 1. The standard InChI is InChI=1S/C23H32F3N3O5/c24-23(25,26)22(32)27-9-3-1-2-6-20(30)28-17(15-29-10-4-5-11-29)21(31)16-7-8-18-19(14-16)34-13-12-33-18/h7-8,14,17,21,31H,1-6,9-13,15H2,(H,27,32)(H,28,30). The summed E-state index contributed by atoms with van der Waals surface area (Å²) in [5.74, 6) is -1.01. The molecule has 2 aliphatic heterocycles. The Bertz CT molecular complexity index is 831. The normalized spacial score (nSPS) is 17.8. The number of aliphatic hydroxyl groups excluding tert-OH is 1. The summed E-state index contributed by atoms with van der Waals surface area (Å²) >= 11 is 0. The van der Waals surface area contributed by atoms with E-state index in [0.717, 1.165) is 25.9 Å². The smallest absolute Gasteiger partial charge is 0.471 e. The second kappa shape index (κ2) is 12.3. The Morgan fingerprint density at radius 3 is 2.47 bits per heavy atom. The second-order valence-corrected chi connectivity index (χ2v) is 8.59. The van der Waals surface area contributed by atoms with E-state index in [2.05, 4.69) is 10.2 Å². The number of nitrogens with zero attached hydrogens (tertiary/aromatic N) is 1. The number of alkyl halides is 3. The van der Waals surface area contributed by atoms with Crippen molar-refractivity contribution in [2.24, 2.45) is 0 Å². The summed E-state index contributed by atoms with van der Waals surface area (Å²) in [5, 5.41) is 15.8. The zero-order chi connectivity index (χ0) is 24.6. The van der Waals surface area contributed by atoms with E-state index in [1.54, 1.807) is 18.2 Å². The van der Waals surface area contributed by atoms with Crippen LogP contribution in [-0.4, -0.2) is 73.4 Å². The van der Waals surface area contributed by atoms with Crippen molar-refractivity contribution in [1.29, 1.82) is 0 Å². The Morgan fingerprint density at radius 2 is 1.76 bits per heavy atom. The number of halogens is 3. The summed E-state index contributed by atoms with van der Waals surface area (Å²) < 4.78 is 47.6. The topological polar surface area (TPSA) is 100 Å². The molecule has 2 aliphatic rings. The molecular formula is C23H32F3N3O5. The summed E-state index contributed by atoms with van der Waals surface area (Å²) in [4.78, 5) is 25.6. The van der Waals surface area contributed by atoms with E-state index in [4.69, 9.17) is 9.47 Å². The molecular weight excluding hydrogens is 455 g/mol. The van der Waals surface area contributed by atoms with Crippen molar-refractivity contribution in [2.45, 2.75) is 56.8 Å². The summed E-state index contributed by atoms with van der Waals surface area (Å²) in [5.41, 5.74) is 0.620. The van der Waals surface area contributed by atoms with Gasteiger partial charge in [-0.15, -0.1) is 0 Å². The van der Waals surface area contributed by atoms with Gasteiger partial charge in [0, 0.05) is 19.5 Å². The third-order valence-corrected chi connectivity index (χ3v) is 5.91. The van der Waals surface area contributed by atoms with Crippen molar-refractivity contribution in [2.75, 3.05) is 39.4 Å². The van der Waals surface area contributed by atoms with Gasteiger partial charge in [0.2, 0.25) is 5.91 Å². The van der Waals surface area contributed by atoms with Gasteiger partial charge < -0.3 is 30.1 Å². The molecule has 190 valence electrons. The van der Waals surface area contributed by atoms with Gasteiger partial charge in [-0.1, -0.05) is 12.5 Å². The third kappa shape index (κ3) is 7.76. The Morgan fingerprint density at radius 1 is 1.06 bits per heavy atom. The molecule has 1 aromatic carbocycles. The molecule has 1 aromatic rings. The predicted molar refractivity (Wildman–Crippen MR) is 118 cm³/mol. The van der Waals surface area contributed by atoms with E-state index in [-0.39, 0.29) is 18.9 Å². The van der Waals surface area contributed by atoms with Gasteiger partial charge in [0.25, 0.3) is 0 Å². The van der Waals surface area contributed by atoms with Crippen molar-refractivity contribution in [3.8, 4) is 11.5 Å². The van der Waals surface area contributed by atoms with Crippen LogP contribution in [0.3, 0.4) is 0 Å². The van der Waals surface area contributed by atoms with E-state index in [9.17, 15) is 27.9 Å². The fourth-order valence-electron chi connectivity index (χ4n) is 4.11. The number of hydrogen-bond donors (Lipinski definition) is 3. The fourth-order valence-corrected chi connectivity index (χ4v) is 4.11. The molecule has 0 aromatic heterocycles. The molecule has 3 N–H and O–H groups in total. The molecule has 0 aliphatic carbocycles. The van der Waals surface area contributed by atoms with Crippen molar-refractivity contribution in [1.82, 2.24) is 15.5 Å². The SMILES string of the molecule is O=C(CCCCCNC(=O)C(F)(F)F)NC(CN1CCCC1)C(O)c1ccc2c(c1)OCCO2. The second-order valence-electron chi connectivity index (χ2n) is 8.59. The van der Waals surface area contributed by atoms with Crippen molar-refractivity contribution < 1.29 is 37.3 Å². The van der Waals surface area contributed by atoms with Crippen molar-refractivity contribution >= 4 is 11.8 Å². The summed E-state index contributed by atoms with van der Waals surface area (Å²) in [6.07, 6.45) is -2.21. The lowest BCUT2D eigenvalue weighted by atomic mass is 10.0. The maximum Gasteiger partial charge on any atom is 0.471 e. The van der Waals surface area contributed by atoms with Crippen LogP contribution >= 0.6 is 0 Å². The number of hydrogen-bond acceptors (Lipinski definition) is 6. The van der Waals surface area contributed by atoms with Crippen LogP contribution in [0.15, 0.2) is 18.2 Å². The summed E-state index contributed by atoms with van der Waals surface area (Å²) in [6, 6.07) is 4.72. The number of aliphatic hydroxyl groups is 1. The van der Waals surface area contributed by atoms with Gasteiger partial charge in [-0.2, -0.15) is 13.2 Å². The minimum absolute atomic E-state index is 0.0968. The number of ether oxygens (including phenoxy) is 2. The summed E-state index contributed by atoms with van der Waals surface area (Å²) in [7, 11) is 0. The maximum absolute atomic E-state index is 12.6. The zero-order valence-electron chi connectivity index (χ0n) is 19.0. The molecule has 34 heavy (non-hydrogen) atoms. The van der Waals surface area contributed by atoms with Gasteiger partial charge >= 0.3 is 12.1 Å². The minimum Gasteiger partial charge on any atom is -0.486 e. The number of rotatable bonds is 11. The van der Waals surface area contributed by atoms with Crippen molar-refractivity contribution in [3.63, 3.8) is 0 Å². The van der Waals surface area contributed by atoms with Gasteiger partial charge in [-0.3, -0.25) is 9.59 Å². The molecule has 1 saturated heterocycles. The first-order valence-corrected chi connectivity index (χ1v) is 11.7. The van der Waals surface area contributed by atoms with Crippen LogP contribution in [0.5, 0.6) is 11.5 Å². The Hall–Kier alpha value is -2.53. The number of unbranched alkanes of at least 4 members (excludes halogenated alkanes) is 2. The fraction of sp³-hybridized carbons (Fsp3) is 0.652. The third-order valence-electron chi connectivity index (χ3n) is 5.91. The Balaban J connectivity index is 1.49. The lowest BCUT2D eigenvalue weighted by Gasteiger charge is -2.29. The van der Waals surface area contributed by atoms with Crippen LogP contribution in [0.25, 0.3) is 0 Å². The number of fused-ring (bicyclic) bond motifs is 1. The molecule has 2 atom stereocenters. The van der Waals surface area contributed by atoms with Gasteiger partial charge in [-0.25, -0.2) is 0 Å². The van der Waals surface area contributed by atoms with Crippen molar-refractivity contribution in [3.05, 3.63) is 23.8 Å². The monoisotopic (exact) mass is 487 g/mol. The Labute approximate surface area is 196 Å². The lowest BCUT2D eigenvalue weighted by Crippen LogP contribution is -2.46. The molecule has 2 unspecified atom stereocenters. The highest BCUT2D eigenvalue weighted by molar-refractivity contribution is 5.81. The molecule has 1 fully saturated rings. The van der Waals surface area contributed by atoms with E-state index in [0.29, 0.717) is 56.1 Å². The van der Waals surface area contributed by atoms with Gasteiger partial charge in [-0.05, 0) is 56.5 Å². The van der Waals surface area contributed by atoms with Crippen LogP contribution < -0.4 is 20.1 Å². The molecule has 3 rings (SSSR count). The van der Waals surface area contributed by atoms with E-state index < -0.39 is 24.2 Å². The number of carbonyl (C=O) groups is 2. The maximum atomic E-state index is 12.6. The van der Waals surface area contributed by atoms with Crippen LogP contribution in [0.1, 0.15) is 50.2 Å². The summed E-state index contributed by atoms with van der Waals surface area (Å²) in [6.45, 7) is 3.12. The zero-order valence-corrected chi connectivity index (χ0v) is 19.0. The first-order chi connectivity index (χ1) is 16.2. The molecule has 8 nitrogen and oxygen atoms in total. The number of carbonyl (C=O) groups excluding carboxylic acids is 2. The van der Waals surface area contributed by atoms with Crippen LogP contribution in [0, 0.1) is 0 Å². The highest BCUT2D eigenvalue weighted by Crippen LogP contribution is 2.33. The van der Waals surface area contributed by atoms with Gasteiger partial charge in [0.15, 0.2) is 11.5 Å². The molecule has 2 amide bonds. The number of likely N-dealkylation sites (tertiary alicyclic amines) is 1. The lowest BCUT2D eigenvalue weighted by molar-refractivity contribution is -0.173. The van der Waals surface area contributed by atoms with Crippen LogP contribution in [0.4, 0.5) is 13.2 Å². The first-order valence-electron chi connectivity index (χ1n) is 11.7. The molecule has 0 bridgehead atoms. The molecule has 0 radical (unpaired) electrons. The van der Waals surface area contributed by atoms with Gasteiger partial charge in [0.05, 0.1) is 6.04 Å². The molecule has 11 heteroatoms. The molecule has 0 spiro atoms. The molecule has 2 heterocycles. The first kappa shape index (κ1) is 26.1. The average Bonchev–Trinajstić information content (AvgIpc) is 3.32. The minimum atomic E-state index is -4.89. The molecule has 0 saturated carbocycles. The van der Waals surface area contributed by atoms with E-state index in [1.165, 1.54) is 0 Å². The van der Waals surface area contributed by atoms with Crippen LogP contribution in [-0.2, 0) is 9.59 Å². The van der Waals surface area contributed by atoms with E-state index >= 15 is 0 Å². The van der Waals surface area contributed by atoms with Crippen LogP contribution in [0.2, 0.25) is 0 Å². The number of amides is 2. The number of nitrogens with one attached hydrogen (secondary N) is 2. The largest absolute Gasteiger partial charge is 0.486 e. The highest BCUT2D eigenvalue weighted by atomic mass is 19.4. The van der Waals surface area contributed by atoms with E-state index in [1.807, 2.05) is 5.32 Å². The highest BCUT2D eigenvalue weighted by Gasteiger charge is 2.38. The quantitative estimate of drug-likeness (QED) is 0.415. The Kier molecular flexibility index (Phi) is 9.40. The average molecular weight is 488 g/mol. The predicted octanol–water partition coefficient (Wildman–Crippen LogP) is 2.31. The van der Waals surface area contributed by atoms with Gasteiger partial charge in [0.1, 0.15) is 19.3 Å².